The SMILES string of the molecule is COCCc1nc2cc(C(=O)O)ccn2n1. The van der Waals surface area contributed by atoms with Crippen LogP contribution in [0, 0.1) is 0 Å². The molecule has 0 aliphatic carbocycles. The van der Waals surface area contributed by atoms with Crippen LogP contribution in [-0.4, -0.2) is 39.4 Å². The van der Waals surface area contributed by atoms with E-state index in [4.69, 9.17) is 9.84 Å². The van der Waals surface area contributed by atoms with Gasteiger partial charge in [-0.1, -0.05) is 0 Å². The van der Waals surface area contributed by atoms with E-state index in [2.05, 4.69) is 10.1 Å². The Bertz CT molecular complexity index is 521. The summed E-state index contributed by atoms with van der Waals surface area (Å²) in [5.41, 5.74) is 0.740. The summed E-state index contributed by atoms with van der Waals surface area (Å²) in [6.07, 6.45) is 2.20. The number of rotatable bonds is 4. The molecule has 2 rings (SSSR count). The average Bonchev–Trinajstić information content (AvgIpc) is 2.67. The molecule has 0 aliphatic rings. The standard InChI is InChI=1S/C10H11N3O3/c1-16-5-3-8-11-9-6-7(10(14)15)2-4-13(9)12-8/h2,4,6H,3,5H2,1H3,(H,14,15). The third kappa shape index (κ3) is 2.01. The molecule has 84 valence electrons. The lowest BCUT2D eigenvalue weighted by Crippen LogP contribution is -1.98. The van der Waals surface area contributed by atoms with Crippen LogP contribution in [0.3, 0.4) is 0 Å². The zero-order valence-electron chi connectivity index (χ0n) is 8.75. The Morgan fingerprint density at radius 2 is 2.44 bits per heavy atom. The molecule has 0 atom stereocenters. The molecule has 0 amide bonds. The molecular formula is C10H11N3O3. The molecule has 0 fully saturated rings. The van der Waals surface area contributed by atoms with E-state index in [1.165, 1.54) is 12.1 Å². The number of aromatic carboxylic acids is 1. The van der Waals surface area contributed by atoms with Crippen LogP contribution in [0.4, 0.5) is 0 Å². The van der Waals surface area contributed by atoms with Gasteiger partial charge in [-0.25, -0.2) is 14.3 Å². The van der Waals surface area contributed by atoms with Gasteiger partial charge in [-0.05, 0) is 12.1 Å². The summed E-state index contributed by atoms with van der Waals surface area (Å²) in [4.78, 5) is 14.9. The average molecular weight is 221 g/mol. The minimum atomic E-state index is -0.969. The number of aromatic nitrogens is 3. The van der Waals surface area contributed by atoms with Gasteiger partial charge >= 0.3 is 5.97 Å². The van der Waals surface area contributed by atoms with Crippen molar-refractivity contribution in [3.05, 3.63) is 29.7 Å². The van der Waals surface area contributed by atoms with E-state index >= 15 is 0 Å². The van der Waals surface area contributed by atoms with E-state index < -0.39 is 5.97 Å². The first kappa shape index (κ1) is 10.6. The van der Waals surface area contributed by atoms with Crippen LogP contribution in [0.25, 0.3) is 5.65 Å². The molecule has 6 nitrogen and oxygen atoms in total. The number of methoxy groups -OCH3 is 1. The van der Waals surface area contributed by atoms with Gasteiger partial charge < -0.3 is 9.84 Å². The topological polar surface area (TPSA) is 76.7 Å². The molecule has 2 aromatic rings. The maximum absolute atomic E-state index is 10.7. The van der Waals surface area contributed by atoms with Crippen LogP contribution in [0.2, 0.25) is 0 Å². The summed E-state index contributed by atoms with van der Waals surface area (Å²) in [6.45, 7) is 0.544. The molecule has 0 saturated heterocycles. The Kier molecular flexibility index (Phi) is 2.82. The Labute approximate surface area is 91.5 Å². The van der Waals surface area contributed by atoms with Crippen molar-refractivity contribution >= 4 is 11.6 Å². The van der Waals surface area contributed by atoms with Crippen molar-refractivity contribution in [2.75, 3.05) is 13.7 Å². The fourth-order valence-electron chi connectivity index (χ4n) is 1.36. The number of hydrogen-bond acceptors (Lipinski definition) is 4. The largest absolute Gasteiger partial charge is 0.478 e. The van der Waals surface area contributed by atoms with Crippen molar-refractivity contribution < 1.29 is 14.6 Å². The zero-order valence-corrected chi connectivity index (χ0v) is 8.75. The highest BCUT2D eigenvalue weighted by atomic mass is 16.5. The van der Waals surface area contributed by atoms with Crippen molar-refractivity contribution in [2.24, 2.45) is 0 Å². The van der Waals surface area contributed by atoms with Crippen LogP contribution < -0.4 is 0 Å². The Morgan fingerprint density at radius 3 is 3.12 bits per heavy atom. The minimum absolute atomic E-state index is 0.207. The molecule has 2 heterocycles. The summed E-state index contributed by atoms with van der Waals surface area (Å²) in [6, 6.07) is 2.98. The highest BCUT2D eigenvalue weighted by molar-refractivity contribution is 5.88. The van der Waals surface area contributed by atoms with Crippen LogP contribution in [0.15, 0.2) is 18.3 Å². The number of hydrogen-bond donors (Lipinski definition) is 1. The lowest BCUT2D eigenvalue weighted by atomic mass is 10.3. The molecule has 6 heteroatoms. The molecule has 0 unspecified atom stereocenters. The highest BCUT2D eigenvalue weighted by Gasteiger charge is 2.07. The molecule has 16 heavy (non-hydrogen) atoms. The molecule has 0 radical (unpaired) electrons. The van der Waals surface area contributed by atoms with E-state index in [1.54, 1.807) is 17.8 Å². The Morgan fingerprint density at radius 1 is 1.62 bits per heavy atom. The Balaban J connectivity index is 2.34. The normalized spacial score (nSPS) is 10.8. The molecule has 0 aliphatic heterocycles. The summed E-state index contributed by atoms with van der Waals surface area (Å²) in [7, 11) is 1.61. The van der Waals surface area contributed by atoms with E-state index in [0.29, 0.717) is 24.5 Å². The fraction of sp³-hybridized carbons (Fsp3) is 0.300. The van der Waals surface area contributed by atoms with Gasteiger partial charge in [0.15, 0.2) is 11.5 Å². The summed E-state index contributed by atoms with van der Waals surface area (Å²) < 4.78 is 6.47. The molecule has 0 saturated carbocycles. The number of carboxylic acids is 1. The van der Waals surface area contributed by atoms with Gasteiger partial charge in [0, 0.05) is 19.7 Å². The smallest absolute Gasteiger partial charge is 0.335 e. The summed E-state index contributed by atoms with van der Waals surface area (Å²) in [5.74, 6) is -0.326. The zero-order chi connectivity index (χ0) is 11.5. The number of carbonyl (C=O) groups is 1. The van der Waals surface area contributed by atoms with Crippen molar-refractivity contribution in [1.82, 2.24) is 14.6 Å². The first-order valence-corrected chi connectivity index (χ1v) is 4.78. The fourth-order valence-corrected chi connectivity index (χ4v) is 1.36. The van der Waals surface area contributed by atoms with E-state index in [1.807, 2.05) is 0 Å². The minimum Gasteiger partial charge on any atom is -0.478 e. The number of nitrogens with zero attached hydrogens (tertiary/aromatic N) is 3. The van der Waals surface area contributed by atoms with Gasteiger partial charge in [-0.3, -0.25) is 0 Å². The molecule has 0 spiro atoms. The maximum atomic E-state index is 10.7. The number of carboxylic acid groups (broad SMARTS) is 1. The first-order chi connectivity index (χ1) is 7.70. The lowest BCUT2D eigenvalue weighted by Gasteiger charge is -1.93. The van der Waals surface area contributed by atoms with Crippen LogP contribution in [-0.2, 0) is 11.2 Å². The highest BCUT2D eigenvalue weighted by Crippen LogP contribution is 2.06. The third-order valence-electron chi connectivity index (χ3n) is 2.16. The van der Waals surface area contributed by atoms with Crippen LogP contribution in [0.5, 0.6) is 0 Å². The molecule has 0 aromatic carbocycles. The van der Waals surface area contributed by atoms with Gasteiger partial charge in [0.05, 0.1) is 12.2 Å². The predicted molar refractivity (Wildman–Crippen MR) is 55.5 cm³/mol. The van der Waals surface area contributed by atoms with Crippen LogP contribution in [0.1, 0.15) is 16.2 Å². The summed E-state index contributed by atoms with van der Waals surface area (Å²) in [5, 5.41) is 13.0. The second-order valence-electron chi connectivity index (χ2n) is 3.29. The molecule has 2 aromatic heterocycles. The van der Waals surface area contributed by atoms with Crippen molar-refractivity contribution in [3.8, 4) is 0 Å². The Hall–Kier alpha value is -1.95. The second kappa shape index (κ2) is 4.28. The quantitative estimate of drug-likeness (QED) is 0.818. The van der Waals surface area contributed by atoms with E-state index in [-0.39, 0.29) is 5.56 Å². The van der Waals surface area contributed by atoms with E-state index in [0.717, 1.165) is 0 Å². The molecule has 1 N–H and O–H groups in total. The molecular weight excluding hydrogens is 210 g/mol. The lowest BCUT2D eigenvalue weighted by molar-refractivity contribution is 0.0697. The monoisotopic (exact) mass is 221 g/mol. The number of pyridine rings is 1. The number of ether oxygens (including phenoxy) is 1. The van der Waals surface area contributed by atoms with Crippen molar-refractivity contribution in [2.45, 2.75) is 6.42 Å². The van der Waals surface area contributed by atoms with Crippen molar-refractivity contribution in [1.29, 1.82) is 0 Å². The maximum Gasteiger partial charge on any atom is 0.335 e. The molecule has 0 bridgehead atoms. The van der Waals surface area contributed by atoms with Crippen LogP contribution >= 0.6 is 0 Å². The van der Waals surface area contributed by atoms with Gasteiger partial charge in [0.2, 0.25) is 0 Å². The van der Waals surface area contributed by atoms with E-state index in [9.17, 15) is 4.79 Å². The van der Waals surface area contributed by atoms with Crippen molar-refractivity contribution in [3.63, 3.8) is 0 Å². The van der Waals surface area contributed by atoms with Gasteiger partial charge in [0.25, 0.3) is 0 Å². The van der Waals surface area contributed by atoms with Gasteiger partial charge in [0.1, 0.15) is 0 Å². The number of fused-ring (bicyclic) bond motifs is 1. The summed E-state index contributed by atoms with van der Waals surface area (Å²) >= 11 is 0. The second-order valence-corrected chi connectivity index (χ2v) is 3.29. The first-order valence-electron chi connectivity index (χ1n) is 4.78. The van der Waals surface area contributed by atoms with Gasteiger partial charge in [-0.2, -0.15) is 5.10 Å². The predicted octanol–water partition coefficient (Wildman–Crippen LogP) is 0.616. The van der Waals surface area contributed by atoms with Gasteiger partial charge in [-0.15, -0.1) is 0 Å². The third-order valence-corrected chi connectivity index (χ3v) is 2.16.